The highest BCUT2D eigenvalue weighted by Crippen LogP contribution is 2.38. The van der Waals surface area contributed by atoms with Crippen LogP contribution in [-0.2, 0) is 16.0 Å². The molecule has 3 heterocycles. The highest BCUT2D eigenvalue weighted by Gasteiger charge is 2.35. The van der Waals surface area contributed by atoms with Gasteiger partial charge in [-0.15, -0.1) is 24.2 Å². The van der Waals surface area contributed by atoms with Gasteiger partial charge in [0.05, 0.1) is 6.54 Å². The van der Waals surface area contributed by atoms with Gasteiger partial charge in [0.15, 0.2) is 0 Å². The van der Waals surface area contributed by atoms with E-state index in [4.69, 9.17) is 0 Å². The lowest BCUT2D eigenvalue weighted by atomic mass is 9.98. The van der Waals surface area contributed by atoms with Gasteiger partial charge >= 0.3 is 0 Å². The van der Waals surface area contributed by atoms with Gasteiger partial charge in [-0.05, 0) is 36.1 Å². The lowest BCUT2D eigenvalue weighted by molar-refractivity contribution is -0.140. The largest absolute Gasteiger partial charge is 0.339 e. The maximum absolute atomic E-state index is 13.2. The van der Waals surface area contributed by atoms with Crippen molar-refractivity contribution in [3.63, 3.8) is 0 Å². The lowest BCUT2D eigenvalue weighted by Crippen LogP contribution is -2.57. The van der Waals surface area contributed by atoms with Crippen LogP contribution in [0.2, 0.25) is 0 Å². The van der Waals surface area contributed by atoms with E-state index in [-0.39, 0.29) is 35.5 Å². The van der Waals surface area contributed by atoms with E-state index in [2.05, 4.69) is 23.5 Å². The van der Waals surface area contributed by atoms with Gasteiger partial charge in [-0.25, -0.2) is 0 Å². The maximum Gasteiger partial charge on any atom is 0.240 e. The first-order chi connectivity index (χ1) is 12.2. The zero-order chi connectivity index (χ0) is 17.2. The number of rotatable bonds is 2. The standard InChI is InChI=1S/C19H25N3O2S.ClH/c23-17-12-20-8-10-22(17)15-5-3-9-21(13-15)19(24)18-16-6-2-1-4-14(16)7-11-25-18;/h1-2,4,6,15,18,20H,3,5,7-13H2;1H. The van der Waals surface area contributed by atoms with E-state index in [1.807, 2.05) is 15.9 Å². The van der Waals surface area contributed by atoms with Gasteiger partial charge in [-0.1, -0.05) is 24.3 Å². The summed E-state index contributed by atoms with van der Waals surface area (Å²) in [4.78, 5) is 29.4. The van der Waals surface area contributed by atoms with Crippen LogP contribution < -0.4 is 5.32 Å². The van der Waals surface area contributed by atoms with Gasteiger partial charge < -0.3 is 15.1 Å². The molecule has 0 bridgehead atoms. The lowest BCUT2D eigenvalue weighted by Gasteiger charge is -2.42. The molecule has 0 radical (unpaired) electrons. The number of thioether (sulfide) groups is 1. The summed E-state index contributed by atoms with van der Waals surface area (Å²) < 4.78 is 0. The fraction of sp³-hybridized carbons (Fsp3) is 0.579. The van der Waals surface area contributed by atoms with Gasteiger partial charge in [0, 0.05) is 32.2 Å². The molecule has 3 aliphatic rings. The minimum atomic E-state index is -0.0811. The Morgan fingerprint density at radius 2 is 2.08 bits per heavy atom. The SMILES string of the molecule is Cl.O=C(C1SCCc2ccccc21)N1CCCC(N2CCNCC2=O)C1. The number of aryl methyl sites for hydroxylation is 1. The Bertz CT molecular complexity index is 672. The van der Waals surface area contributed by atoms with Crippen molar-refractivity contribution in [2.45, 2.75) is 30.6 Å². The Labute approximate surface area is 165 Å². The number of fused-ring (bicyclic) bond motifs is 1. The Balaban J connectivity index is 0.00000196. The summed E-state index contributed by atoms with van der Waals surface area (Å²) in [6.07, 6.45) is 3.03. The highest BCUT2D eigenvalue weighted by atomic mass is 35.5. The van der Waals surface area contributed by atoms with Crippen molar-refractivity contribution >= 4 is 36.0 Å². The Morgan fingerprint density at radius 3 is 2.92 bits per heavy atom. The molecule has 2 saturated heterocycles. The fourth-order valence-electron chi connectivity index (χ4n) is 4.18. The number of nitrogens with one attached hydrogen (secondary N) is 1. The second kappa shape index (κ2) is 8.63. The van der Waals surface area contributed by atoms with Crippen LogP contribution in [0.4, 0.5) is 0 Å². The summed E-state index contributed by atoms with van der Waals surface area (Å²) in [5, 5.41) is 3.04. The van der Waals surface area contributed by atoms with E-state index in [1.165, 1.54) is 11.1 Å². The number of amides is 2. The Hall–Kier alpha value is -1.24. The first kappa shape index (κ1) is 19.5. The van der Waals surface area contributed by atoms with Crippen molar-refractivity contribution in [2.75, 3.05) is 38.5 Å². The molecule has 1 N–H and O–H groups in total. The number of benzene rings is 1. The number of carbonyl (C=O) groups excluding carboxylic acids is 2. The second-order valence-corrected chi connectivity index (χ2v) is 8.26. The number of hydrogen-bond donors (Lipinski definition) is 1. The van der Waals surface area contributed by atoms with Gasteiger partial charge in [0.1, 0.15) is 5.25 Å². The molecule has 0 aromatic heterocycles. The molecule has 0 saturated carbocycles. The topological polar surface area (TPSA) is 52.7 Å². The van der Waals surface area contributed by atoms with Crippen molar-refractivity contribution in [1.29, 1.82) is 0 Å². The summed E-state index contributed by atoms with van der Waals surface area (Å²) in [6, 6.07) is 8.52. The predicted octanol–water partition coefficient (Wildman–Crippen LogP) is 1.86. The summed E-state index contributed by atoms with van der Waals surface area (Å²) in [7, 11) is 0. The Morgan fingerprint density at radius 1 is 1.23 bits per heavy atom. The van der Waals surface area contributed by atoms with Crippen molar-refractivity contribution in [1.82, 2.24) is 15.1 Å². The number of carbonyl (C=O) groups is 2. The van der Waals surface area contributed by atoms with Crippen molar-refractivity contribution in [2.24, 2.45) is 0 Å². The van der Waals surface area contributed by atoms with Gasteiger partial charge in [-0.2, -0.15) is 0 Å². The quantitative estimate of drug-likeness (QED) is 0.830. The van der Waals surface area contributed by atoms with E-state index in [0.717, 1.165) is 44.6 Å². The average Bonchev–Trinajstić information content (AvgIpc) is 2.67. The summed E-state index contributed by atoms with van der Waals surface area (Å²) in [5.74, 6) is 1.40. The monoisotopic (exact) mass is 395 g/mol. The van der Waals surface area contributed by atoms with Crippen LogP contribution in [0.1, 0.15) is 29.2 Å². The van der Waals surface area contributed by atoms with Crippen molar-refractivity contribution < 1.29 is 9.59 Å². The minimum absolute atomic E-state index is 0. The molecule has 1 aromatic carbocycles. The molecular formula is C19H26ClN3O2S. The number of piperidine rings is 1. The van der Waals surface area contributed by atoms with E-state index in [1.54, 1.807) is 11.8 Å². The highest BCUT2D eigenvalue weighted by molar-refractivity contribution is 8.00. The molecule has 142 valence electrons. The third-order valence-electron chi connectivity index (χ3n) is 5.49. The van der Waals surface area contributed by atoms with Crippen LogP contribution in [0.25, 0.3) is 0 Å². The average molecular weight is 396 g/mol. The second-order valence-electron chi connectivity index (χ2n) is 7.04. The number of piperazine rings is 1. The molecule has 5 nitrogen and oxygen atoms in total. The summed E-state index contributed by atoms with van der Waals surface area (Å²) >= 11 is 1.76. The zero-order valence-corrected chi connectivity index (χ0v) is 16.5. The van der Waals surface area contributed by atoms with Crippen LogP contribution in [0.3, 0.4) is 0 Å². The van der Waals surface area contributed by atoms with Crippen LogP contribution in [0, 0.1) is 0 Å². The molecule has 2 fully saturated rings. The maximum atomic E-state index is 13.2. The number of nitrogens with zero attached hydrogens (tertiary/aromatic N) is 2. The smallest absolute Gasteiger partial charge is 0.240 e. The molecule has 2 amide bonds. The van der Waals surface area contributed by atoms with E-state index in [0.29, 0.717) is 13.1 Å². The van der Waals surface area contributed by atoms with Crippen LogP contribution in [0.5, 0.6) is 0 Å². The first-order valence-corrected chi connectivity index (χ1v) is 10.3. The molecule has 0 spiro atoms. The third-order valence-corrected chi connectivity index (χ3v) is 6.72. The fourth-order valence-corrected chi connectivity index (χ4v) is 5.46. The predicted molar refractivity (Wildman–Crippen MR) is 107 cm³/mol. The first-order valence-electron chi connectivity index (χ1n) is 9.22. The van der Waals surface area contributed by atoms with Gasteiger partial charge in [0.2, 0.25) is 11.8 Å². The number of halogens is 1. The molecular weight excluding hydrogens is 370 g/mol. The molecule has 1 aromatic rings. The number of hydrogen-bond acceptors (Lipinski definition) is 4. The normalized spacial score (nSPS) is 26.1. The van der Waals surface area contributed by atoms with Crippen LogP contribution in [-0.4, -0.2) is 66.1 Å². The third kappa shape index (κ3) is 3.87. The van der Waals surface area contributed by atoms with E-state index < -0.39 is 0 Å². The summed E-state index contributed by atoms with van der Waals surface area (Å²) in [5.41, 5.74) is 2.49. The molecule has 26 heavy (non-hydrogen) atoms. The van der Waals surface area contributed by atoms with E-state index >= 15 is 0 Å². The Kier molecular flexibility index (Phi) is 6.48. The van der Waals surface area contributed by atoms with Crippen molar-refractivity contribution in [3.05, 3.63) is 35.4 Å². The van der Waals surface area contributed by atoms with Gasteiger partial charge in [-0.3, -0.25) is 9.59 Å². The van der Waals surface area contributed by atoms with Crippen LogP contribution in [0.15, 0.2) is 24.3 Å². The van der Waals surface area contributed by atoms with Crippen LogP contribution >= 0.6 is 24.2 Å². The molecule has 2 unspecified atom stereocenters. The minimum Gasteiger partial charge on any atom is -0.339 e. The van der Waals surface area contributed by atoms with Crippen molar-refractivity contribution in [3.8, 4) is 0 Å². The zero-order valence-electron chi connectivity index (χ0n) is 14.9. The van der Waals surface area contributed by atoms with Gasteiger partial charge in [0.25, 0.3) is 0 Å². The van der Waals surface area contributed by atoms with E-state index in [9.17, 15) is 9.59 Å². The molecule has 3 aliphatic heterocycles. The summed E-state index contributed by atoms with van der Waals surface area (Å²) in [6.45, 7) is 3.53. The molecule has 4 rings (SSSR count). The molecule has 7 heteroatoms. The number of likely N-dealkylation sites (tertiary alicyclic amines) is 1. The molecule has 2 atom stereocenters. The molecule has 0 aliphatic carbocycles.